The standard InChI is InChI=1S/2C21H21O3S.2CHF3O3S/c2*1-22-16-4-10-19(11-5-16)25(20-12-6-17(23-2)7-13-20)21-14-8-18(24-3)9-15-21;2*2-1(3,4)8(5,6)7/h2*4-15H,1-3H3;2*(H,5,6,7)/q2*+1;;/p-2. The average molecular weight is 1010 g/mol. The highest BCUT2D eigenvalue weighted by Crippen LogP contribution is 2.35. The fourth-order valence-electron chi connectivity index (χ4n) is 5.09. The van der Waals surface area contributed by atoms with Gasteiger partial charge >= 0.3 is 11.0 Å². The number of alkyl halides is 6. The van der Waals surface area contributed by atoms with Gasteiger partial charge in [-0.1, -0.05) is 0 Å². The van der Waals surface area contributed by atoms with Crippen LogP contribution >= 0.6 is 0 Å². The normalized spacial score (nSPS) is 11.4. The Morgan fingerprint density at radius 2 is 0.424 bits per heavy atom. The van der Waals surface area contributed by atoms with Gasteiger partial charge in [0.25, 0.3) is 0 Å². The molecule has 0 saturated heterocycles. The molecule has 0 fully saturated rings. The molecular formula is C44H42F6O12S4. The Labute approximate surface area is 384 Å². The molecule has 356 valence electrons. The molecular weight excluding hydrogens is 963 g/mol. The van der Waals surface area contributed by atoms with Crippen LogP contribution in [0.4, 0.5) is 26.3 Å². The maximum absolute atomic E-state index is 10.7. The second kappa shape index (κ2) is 24.7. The van der Waals surface area contributed by atoms with Gasteiger partial charge < -0.3 is 37.5 Å². The van der Waals surface area contributed by atoms with Crippen LogP contribution in [0, 0.1) is 0 Å². The van der Waals surface area contributed by atoms with Crippen molar-refractivity contribution in [2.45, 2.75) is 40.4 Å². The lowest BCUT2D eigenvalue weighted by molar-refractivity contribution is -0.0522. The number of benzene rings is 6. The van der Waals surface area contributed by atoms with Gasteiger partial charge in [-0.05, 0) is 146 Å². The minimum Gasteiger partial charge on any atom is -0.741 e. The molecule has 6 aromatic rings. The van der Waals surface area contributed by atoms with Crippen LogP contribution in [-0.4, -0.2) is 79.6 Å². The number of hydrogen-bond donors (Lipinski definition) is 0. The SMILES string of the molecule is COc1ccc([S+](c2ccc(OC)cc2)c2ccc(OC)cc2)cc1.COc1ccc([S+](c2ccc(OC)cc2)c2ccc(OC)cc2)cc1.O=S(=O)([O-])C(F)(F)F.O=S(=O)([O-])C(F)(F)F. The van der Waals surface area contributed by atoms with Crippen molar-refractivity contribution in [2.24, 2.45) is 0 Å². The molecule has 0 aromatic heterocycles. The summed E-state index contributed by atoms with van der Waals surface area (Å²) in [4.78, 5) is 7.40. The van der Waals surface area contributed by atoms with Crippen LogP contribution in [0.1, 0.15) is 0 Å². The van der Waals surface area contributed by atoms with E-state index in [1.54, 1.807) is 42.7 Å². The number of halogens is 6. The Hall–Kier alpha value is -5.78. The summed E-state index contributed by atoms with van der Waals surface area (Å²) >= 11 is 0. The zero-order valence-corrected chi connectivity index (χ0v) is 38.9. The van der Waals surface area contributed by atoms with Gasteiger partial charge in [0.15, 0.2) is 49.6 Å². The molecule has 0 radical (unpaired) electrons. The molecule has 0 bridgehead atoms. The highest BCUT2D eigenvalue weighted by Gasteiger charge is 2.37. The molecule has 12 nitrogen and oxygen atoms in total. The van der Waals surface area contributed by atoms with Crippen LogP contribution < -0.4 is 28.4 Å². The van der Waals surface area contributed by atoms with Gasteiger partial charge in [-0.3, -0.25) is 0 Å². The molecule has 22 heteroatoms. The predicted molar refractivity (Wildman–Crippen MR) is 234 cm³/mol. The lowest BCUT2D eigenvalue weighted by Crippen LogP contribution is -2.21. The van der Waals surface area contributed by atoms with Crippen molar-refractivity contribution in [3.05, 3.63) is 146 Å². The highest BCUT2D eigenvalue weighted by atomic mass is 32.2. The Morgan fingerprint density at radius 3 is 0.500 bits per heavy atom. The van der Waals surface area contributed by atoms with E-state index in [-0.39, 0.29) is 21.8 Å². The third-order valence-electron chi connectivity index (χ3n) is 8.34. The second-order valence-corrected chi connectivity index (χ2v) is 19.3. The summed E-state index contributed by atoms with van der Waals surface area (Å²) in [5, 5.41) is 0. The van der Waals surface area contributed by atoms with Gasteiger partial charge in [0, 0.05) is 0 Å². The Balaban J connectivity index is 0.000000265. The summed E-state index contributed by atoms with van der Waals surface area (Å²) in [5.41, 5.74) is -11.3. The molecule has 0 atom stereocenters. The van der Waals surface area contributed by atoms with E-state index < -0.39 is 31.3 Å². The van der Waals surface area contributed by atoms with E-state index in [4.69, 9.17) is 54.4 Å². The number of methoxy groups -OCH3 is 6. The van der Waals surface area contributed by atoms with Gasteiger partial charge in [0.1, 0.15) is 34.5 Å². The predicted octanol–water partition coefficient (Wildman–Crippen LogP) is 9.72. The molecule has 0 unspecified atom stereocenters. The minimum atomic E-state index is -6.09. The van der Waals surface area contributed by atoms with E-state index in [0.717, 1.165) is 34.5 Å². The first-order valence-electron chi connectivity index (χ1n) is 18.4. The highest BCUT2D eigenvalue weighted by molar-refractivity contribution is 7.97. The largest absolute Gasteiger partial charge is 0.741 e. The van der Waals surface area contributed by atoms with Crippen molar-refractivity contribution in [3.63, 3.8) is 0 Å². The van der Waals surface area contributed by atoms with Crippen molar-refractivity contribution in [2.75, 3.05) is 42.7 Å². The summed E-state index contributed by atoms with van der Waals surface area (Å²) < 4.78 is 150. The van der Waals surface area contributed by atoms with Crippen LogP contribution in [0.3, 0.4) is 0 Å². The van der Waals surface area contributed by atoms with E-state index in [0.29, 0.717) is 0 Å². The van der Waals surface area contributed by atoms with E-state index in [9.17, 15) is 26.3 Å². The lowest BCUT2D eigenvalue weighted by atomic mass is 10.3. The third kappa shape index (κ3) is 16.3. The Kier molecular flexibility index (Phi) is 20.4. The Bertz CT molecular complexity index is 2190. The van der Waals surface area contributed by atoms with Crippen LogP contribution in [0.2, 0.25) is 0 Å². The van der Waals surface area contributed by atoms with Gasteiger partial charge in [-0.2, -0.15) is 26.3 Å². The van der Waals surface area contributed by atoms with Crippen LogP contribution in [0.15, 0.2) is 175 Å². The van der Waals surface area contributed by atoms with E-state index >= 15 is 0 Å². The van der Waals surface area contributed by atoms with Crippen LogP contribution in [0.25, 0.3) is 0 Å². The summed E-state index contributed by atoms with van der Waals surface area (Å²) in [6.07, 6.45) is 0. The minimum absolute atomic E-state index is 0.212. The molecule has 0 aliphatic heterocycles. The first kappa shape index (κ1) is 54.6. The third-order valence-corrected chi connectivity index (χ3v) is 13.9. The quantitative estimate of drug-likeness (QED) is 0.0493. The maximum atomic E-state index is 10.7. The van der Waals surface area contributed by atoms with Crippen molar-refractivity contribution >= 4 is 42.0 Å². The first-order chi connectivity index (χ1) is 31.0. The van der Waals surface area contributed by atoms with E-state index in [1.165, 1.54) is 29.4 Å². The van der Waals surface area contributed by atoms with E-state index in [2.05, 4.69) is 72.8 Å². The summed E-state index contributed by atoms with van der Waals surface area (Å²) in [6, 6.07) is 49.5. The van der Waals surface area contributed by atoms with Crippen molar-refractivity contribution in [1.29, 1.82) is 0 Å². The van der Waals surface area contributed by atoms with Crippen LogP contribution in [-0.2, 0) is 42.0 Å². The lowest BCUT2D eigenvalue weighted by Gasteiger charge is -2.10. The molecule has 0 spiro atoms. The average Bonchev–Trinajstić information content (AvgIpc) is 3.30. The number of ether oxygens (including phenoxy) is 6. The number of rotatable bonds is 12. The zero-order valence-electron chi connectivity index (χ0n) is 35.7. The molecule has 6 rings (SSSR count). The van der Waals surface area contributed by atoms with Crippen LogP contribution in [0.5, 0.6) is 34.5 Å². The monoisotopic (exact) mass is 1000 g/mol. The van der Waals surface area contributed by atoms with Gasteiger partial charge in [-0.25, -0.2) is 16.8 Å². The summed E-state index contributed by atoms with van der Waals surface area (Å²) in [5.74, 6) is 5.15. The molecule has 6 aromatic carbocycles. The van der Waals surface area contributed by atoms with Crippen molar-refractivity contribution in [3.8, 4) is 34.5 Å². The maximum Gasteiger partial charge on any atom is 0.485 e. The zero-order chi connectivity index (χ0) is 49.3. The molecule has 0 N–H and O–H groups in total. The molecule has 66 heavy (non-hydrogen) atoms. The summed E-state index contributed by atoms with van der Waals surface area (Å²) in [6.45, 7) is 0. The van der Waals surface area contributed by atoms with Crippen molar-refractivity contribution < 1.29 is 80.7 Å². The molecule has 0 aliphatic rings. The van der Waals surface area contributed by atoms with E-state index in [1.807, 2.05) is 72.8 Å². The van der Waals surface area contributed by atoms with Crippen molar-refractivity contribution in [1.82, 2.24) is 0 Å². The topological polar surface area (TPSA) is 170 Å². The molecule has 0 heterocycles. The fourth-order valence-corrected chi connectivity index (χ4v) is 9.17. The fraction of sp³-hybridized carbons (Fsp3) is 0.182. The second-order valence-electron chi connectivity index (χ2n) is 12.5. The molecule has 0 amide bonds. The van der Waals surface area contributed by atoms with Gasteiger partial charge in [0.2, 0.25) is 0 Å². The molecule has 0 aliphatic carbocycles. The first-order valence-corrected chi connectivity index (χ1v) is 23.6. The molecule has 0 saturated carbocycles. The van der Waals surface area contributed by atoms with Gasteiger partial charge in [-0.15, -0.1) is 0 Å². The number of hydrogen-bond acceptors (Lipinski definition) is 12. The van der Waals surface area contributed by atoms with Gasteiger partial charge in [0.05, 0.1) is 64.4 Å². The Morgan fingerprint density at radius 1 is 0.318 bits per heavy atom. The summed E-state index contributed by atoms with van der Waals surface area (Å²) in [7, 11) is -2.51. The smallest absolute Gasteiger partial charge is 0.485 e.